The lowest BCUT2D eigenvalue weighted by molar-refractivity contribution is -0.129. The van der Waals surface area contributed by atoms with Crippen molar-refractivity contribution >= 4 is 23.3 Å². The molecule has 0 atom stereocenters. The molecule has 2 amide bonds. The van der Waals surface area contributed by atoms with Crippen LogP contribution < -0.4 is 15.0 Å². The molecular weight excluding hydrogens is 344 g/mol. The zero-order chi connectivity index (χ0) is 19.1. The number of pyridine rings is 1. The molecule has 2 heterocycles. The number of benzene rings is 1. The number of hydrogen-bond acceptors (Lipinski definition) is 5. The zero-order valence-corrected chi connectivity index (χ0v) is 15.4. The van der Waals surface area contributed by atoms with Crippen molar-refractivity contribution in [3.05, 3.63) is 48.7 Å². The molecule has 3 rings (SSSR count). The van der Waals surface area contributed by atoms with Gasteiger partial charge in [0, 0.05) is 33.1 Å². The van der Waals surface area contributed by atoms with E-state index in [1.807, 2.05) is 47.4 Å². The van der Waals surface area contributed by atoms with E-state index >= 15 is 0 Å². The van der Waals surface area contributed by atoms with Crippen molar-refractivity contribution < 1.29 is 14.3 Å². The molecule has 1 fully saturated rings. The number of amides is 2. The molecule has 2 aromatic rings. The second kappa shape index (κ2) is 9.02. The summed E-state index contributed by atoms with van der Waals surface area (Å²) in [6.07, 6.45) is 1.92. The van der Waals surface area contributed by atoms with E-state index in [4.69, 9.17) is 4.74 Å². The summed E-state index contributed by atoms with van der Waals surface area (Å²) in [6, 6.07) is 13.1. The van der Waals surface area contributed by atoms with E-state index in [1.54, 1.807) is 13.1 Å². The number of nitrogens with zero attached hydrogens (tertiary/aromatic N) is 3. The Kier molecular flexibility index (Phi) is 6.25. The lowest BCUT2D eigenvalue weighted by Gasteiger charge is -2.34. The maximum atomic E-state index is 12.0. The number of rotatable bonds is 6. The van der Waals surface area contributed by atoms with Gasteiger partial charge >= 0.3 is 0 Å². The lowest BCUT2D eigenvalue weighted by atomic mass is 10.3. The second-order valence-electron chi connectivity index (χ2n) is 6.36. The number of para-hydroxylation sites is 1. The molecule has 7 nitrogen and oxygen atoms in total. The smallest absolute Gasteiger partial charge is 0.227 e. The Hall–Kier alpha value is -3.09. The van der Waals surface area contributed by atoms with Crippen molar-refractivity contribution in [2.24, 2.45) is 0 Å². The monoisotopic (exact) mass is 368 g/mol. The highest BCUT2D eigenvalue weighted by atomic mass is 16.5. The van der Waals surface area contributed by atoms with E-state index in [2.05, 4.69) is 15.2 Å². The normalized spacial score (nSPS) is 14.0. The van der Waals surface area contributed by atoms with Crippen LogP contribution in [-0.2, 0) is 9.59 Å². The predicted molar refractivity (Wildman–Crippen MR) is 104 cm³/mol. The van der Waals surface area contributed by atoms with Crippen LogP contribution in [0, 0.1) is 0 Å². The highest BCUT2D eigenvalue weighted by Gasteiger charge is 2.19. The molecule has 0 radical (unpaired) electrons. The van der Waals surface area contributed by atoms with Crippen LogP contribution in [-0.4, -0.2) is 54.5 Å². The summed E-state index contributed by atoms with van der Waals surface area (Å²) >= 11 is 0. The van der Waals surface area contributed by atoms with Crippen LogP contribution in [0.5, 0.6) is 5.75 Å². The summed E-state index contributed by atoms with van der Waals surface area (Å²) in [5.41, 5.74) is 0.658. The van der Waals surface area contributed by atoms with Gasteiger partial charge in [-0.05, 0) is 24.3 Å². The molecule has 1 aromatic carbocycles. The number of piperazine rings is 1. The molecular formula is C20H24N4O3. The van der Waals surface area contributed by atoms with Crippen LogP contribution in [0.2, 0.25) is 0 Å². The predicted octanol–water partition coefficient (Wildman–Crippen LogP) is 2.16. The van der Waals surface area contributed by atoms with Gasteiger partial charge in [-0.1, -0.05) is 18.2 Å². The summed E-state index contributed by atoms with van der Waals surface area (Å²) < 4.78 is 5.53. The van der Waals surface area contributed by atoms with Crippen molar-refractivity contribution in [3.8, 4) is 5.75 Å². The molecule has 0 unspecified atom stereocenters. The van der Waals surface area contributed by atoms with Gasteiger partial charge in [0.2, 0.25) is 11.8 Å². The number of carbonyl (C=O) groups is 2. The molecule has 0 spiro atoms. The number of aromatic nitrogens is 1. The van der Waals surface area contributed by atoms with Crippen LogP contribution in [0.3, 0.4) is 0 Å². The van der Waals surface area contributed by atoms with Crippen molar-refractivity contribution in [3.63, 3.8) is 0 Å². The minimum Gasteiger partial charge on any atom is -0.493 e. The SMILES string of the molecule is CC(=O)N1CCN(c2ccc(NC(=O)CCOc3ccccc3)cn2)CC1. The third kappa shape index (κ3) is 5.44. The first kappa shape index (κ1) is 18.7. The maximum absolute atomic E-state index is 12.0. The maximum Gasteiger partial charge on any atom is 0.227 e. The number of carbonyl (C=O) groups excluding carboxylic acids is 2. The highest BCUT2D eigenvalue weighted by Crippen LogP contribution is 2.16. The minimum absolute atomic E-state index is 0.108. The minimum atomic E-state index is -0.115. The Labute approximate surface area is 158 Å². The number of nitrogens with one attached hydrogen (secondary N) is 1. The molecule has 1 aromatic heterocycles. The third-order valence-corrected chi connectivity index (χ3v) is 4.42. The summed E-state index contributed by atoms with van der Waals surface area (Å²) in [5, 5.41) is 2.83. The largest absolute Gasteiger partial charge is 0.493 e. The van der Waals surface area contributed by atoms with Gasteiger partial charge < -0.3 is 19.9 Å². The second-order valence-corrected chi connectivity index (χ2v) is 6.36. The summed E-state index contributed by atoms with van der Waals surface area (Å²) in [7, 11) is 0. The quantitative estimate of drug-likeness (QED) is 0.846. The van der Waals surface area contributed by atoms with E-state index in [-0.39, 0.29) is 18.2 Å². The molecule has 0 saturated carbocycles. The van der Waals surface area contributed by atoms with Gasteiger partial charge in [0.1, 0.15) is 11.6 Å². The first-order valence-corrected chi connectivity index (χ1v) is 9.06. The Bertz CT molecular complexity index is 757. The topological polar surface area (TPSA) is 74.8 Å². The summed E-state index contributed by atoms with van der Waals surface area (Å²) in [4.78, 5) is 31.8. The molecule has 1 N–H and O–H groups in total. The Balaban J connectivity index is 1.43. The molecule has 1 aliphatic heterocycles. The van der Waals surface area contributed by atoms with Crippen LogP contribution in [0.4, 0.5) is 11.5 Å². The number of ether oxygens (including phenoxy) is 1. The van der Waals surface area contributed by atoms with E-state index in [0.29, 0.717) is 25.4 Å². The average molecular weight is 368 g/mol. The third-order valence-electron chi connectivity index (χ3n) is 4.42. The number of hydrogen-bond donors (Lipinski definition) is 1. The van der Waals surface area contributed by atoms with Crippen LogP contribution in [0.25, 0.3) is 0 Å². The molecule has 7 heteroatoms. The van der Waals surface area contributed by atoms with Gasteiger partial charge in [0.15, 0.2) is 0 Å². The first-order chi connectivity index (χ1) is 13.1. The summed E-state index contributed by atoms with van der Waals surface area (Å²) in [6.45, 7) is 4.84. The Morgan fingerprint density at radius 2 is 1.81 bits per heavy atom. The van der Waals surface area contributed by atoms with Crippen LogP contribution >= 0.6 is 0 Å². The van der Waals surface area contributed by atoms with Crippen molar-refractivity contribution in [1.29, 1.82) is 0 Å². The number of anilines is 2. The van der Waals surface area contributed by atoms with Crippen molar-refractivity contribution in [1.82, 2.24) is 9.88 Å². The zero-order valence-electron chi connectivity index (χ0n) is 15.4. The van der Waals surface area contributed by atoms with E-state index in [0.717, 1.165) is 24.7 Å². The fourth-order valence-electron chi connectivity index (χ4n) is 2.90. The van der Waals surface area contributed by atoms with E-state index in [1.165, 1.54) is 0 Å². The first-order valence-electron chi connectivity index (χ1n) is 9.06. The van der Waals surface area contributed by atoms with Crippen LogP contribution in [0.1, 0.15) is 13.3 Å². The lowest BCUT2D eigenvalue weighted by Crippen LogP contribution is -2.48. The molecule has 27 heavy (non-hydrogen) atoms. The highest BCUT2D eigenvalue weighted by molar-refractivity contribution is 5.90. The molecule has 1 aliphatic rings. The Morgan fingerprint density at radius 1 is 1.07 bits per heavy atom. The van der Waals surface area contributed by atoms with Gasteiger partial charge in [-0.25, -0.2) is 4.98 Å². The van der Waals surface area contributed by atoms with Gasteiger partial charge in [0.05, 0.1) is 24.9 Å². The van der Waals surface area contributed by atoms with Crippen molar-refractivity contribution in [2.45, 2.75) is 13.3 Å². The van der Waals surface area contributed by atoms with Crippen LogP contribution in [0.15, 0.2) is 48.7 Å². The van der Waals surface area contributed by atoms with E-state index in [9.17, 15) is 9.59 Å². The fraction of sp³-hybridized carbons (Fsp3) is 0.350. The Morgan fingerprint density at radius 3 is 2.44 bits per heavy atom. The fourth-order valence-corrected chi connectivity index (χ4v) is 2.90. The molecule has 142 valence electrons. The van der Waals surface area contributed by atoms with Gasteiger partial charge in [-0.2, -0.15) is 0 Å². The molecule has 0 bridgehead atoms. The molecule has 0 aliphatic carbocycles. The summed E-state index contributed by atoms with van der Waals surface area (Å²) in [5.74, 6) is 1.59. The van der Waals surface area contributed by atoms with E-state index < -0.39 is 0 Å². The van der Waals surface area contributed by atoms with Crippen molar-refractivity contribution in [2.75, 3.05) is 43.0 Å². The standard InChI is InChI=1S/C20H24N4O3/c1-16(25)23-10-12-24(13-11-23)19-8-7-17(15-21-19)22-20(26)9-14-27-18-5-3-2-4-6-18/h2-8,15H,9-14H2,1H3,(H,22,26). The molecule has 1 saturated heterocycles. The van der Waals surface area contributed by atoms with Gasteiger partial charge in [-0.3, -0.25) is 9.59 Å². The van der Waals surface area contributed by atoms with Gasteiger partial charge in [-0.15, -0.1) is 0 Å². The average Bonchev–Trinajstić information content (AvgIpc) is 2.69. The van der Waals surface area contributed by atoms with Gasteiger partial charge in [0.25, 0.3) is 0 Å².